The molecule has 1 aliphatic heterocycles. The number of para-hydroxylation sites is 1. The van der Waals surface area contributed by atoms with E-state index < -0.39 is 23.3 Å². The number of hydrogen-bond donors (Lipinski definition) is 1. The molecule has 1 saturated carbocycles. The molecule has 1 aromatic heterocycles. The van der Waals surface area contributed by atoms with E-state index in [9.17, 15) is 27.6 Å². The fourth-order valence-corrected chi connectivity index (χ4v) is 4.93. The monoisotopic (exact) mass is 520 g/mol. The number of morpholine rings is 1. The summed E-state index contributed by atoms with van der Waals surface area (Å²) in [6, 6.07) is 8.23. The van der Waals surface area contributed by atoms with Crippen LogP contribution in [0.2, 0.25) is 0 Å². The SMILES string of the molecule is O=C(NCCCC(=O)C1CCC(C(=O)N2CCOCC2)CC1)c1cn(-c2ccccc2)nc1C(F)(F)F. The first kappa shape index (κ1) is 26.8. The number of benzene rings is 1. The molecule has 4 rings (SSSR count). The summed E-state index contributed by atoms with van der Waals surface area (Å²) in [6.07, 6.45) is -0.517. The van der Waals surface area contributed by atoms with Crippen LogP contribution in [0.15, 0.2) is 36.5 Å². The molecular formula is C26H31F3N4O4. The van der Waals surface area contributed by atoms with E-state index in [2.05, 4.69) is 10.4 Å². The number of carbonyl (C=O) groups excluding carboxylic acids is 3. The molecule has 1 aliphatic carbocycles. The van der Waals surface area contributed by atoms with Crippen LogP contribution in [0, 0.1) is 11.8 Å². The fourth-order valence-electron chi connectivity index (χ4n) is 4.93. The van der Waals surface area contributed by atoms with Crippen molar-refractivity contribution in [1.82, 2.24) is 20.0 Å². The van der Waals surface area contributed by atoms with Crippen LogP contribution in [0.1, 0.15) is 54.6 Å². The number of carbonyl (C=O) groups is 3. The maximum absolute atomic E-state index is 13.5. The standard InChI is InChI=1S/C26H31F3N4O4/c27-26(28,29)23-21(17-33(31-23)20-5-2-1-3-6-20)24(35)30-12-4-7-22(34)18-8-10-19(11-9-18)25(36)32-13-15-37-16-14-32/h1-3,5-6,17-19H,4,7-16H2,(H,30,35). The lowest BCUT2D eigenvalue weighted by Crippen LogP contribution is -2.44. The molecule has 0 unspecified atom stereocenters. The molecule has 1 N–H and O–H groups in total. The molecule has 1 aromatic carbocycles. The number of nitrogens with zero attached hydrogens (tertiary/aromatic N) is 3. The maximum atomic E-state index is 13.5. The number of halogens is 3. The van der Waals surface area contributed by atoms with Crippen molar-refractivity contribution in [3.05, 3.63) is 47.8 Å². The van der Waals surface area contributed by atoms with Gasteiger partial charge in [-0.05, 0) is 44.2 Å². The smallest absolute Gasteiger partial charge is 0.378 e. The van der Waals surface area contributed by atoms with Gasteiger partial charge >= 0.3 is 6.18 Å². The fraction of sp³-hybridized carbons (Fsp3) is 0.538. The normalized spacial score (nSPS) is 20.5. The van der Waals surface area contributed by atoms with E-state index >= 15 is 0 Å². The lowest BCUT2D eigenvalue weighted by Gasteiger charge is -2.33. The van der Waals surface area contributed by atoms with Crippen molar-refractivity contribution in [2.45, 2.75) is 44.7 Å². The van der Waals surface area contributed by atoms with Crippen LogP contribution < -0.4 is 5.32 Å². The van der Waals surface area contributed by atoms with E-state index in [0.29, 0.717) is 64.1 Å². The number of amides is 2. The Hall–Kier alpha value is -3.21. The second-order valence-electron chi connectivity index (χ2n) is 9.48. The number of Topliss-reactive ketones (excluding diaryl/α,β-unsaturated/α-hetero) is 1. The number of aromatic nitrogens is 2. The van der Waals surface area contributed by atoms with Crippen molar-refractivity contribution >= 4 is 17.6 Å². The quantitative estimate of drug-likeness (QED) is 0.537. The molecule has 11 heteroatoms. The summed E-state index contributed by atoms with van der Waals surface area (Å²) < 4.78 is 46.8. The predicted molar refractivity (Wildman–Crippen MR) is 128 cm³/mol. The number of hydrogen-bond acceptors (Lipinski definition) is 5. The lowest BCUT2D eigenvalue weighted by molar-refractivity contribution is -0.142. The Morgan fingerprint density at radius 3 is 2.30 bits per heavy atom. The van der Waals surface area contributed by atoms with Crippen molar-refractivity contribution < 1.29 is 32.3 Å². The van der Waals surface area contributed by atoms with Gasteiger partial charge in [0.05, 0.1) is 24.5 Å². The van der Waals surface area contributed by atoms with Crippen molar-refractivity contribution in [2.75, 3.05) is 32.8 Å². The molecule has 0 atom stereocenters. The van der Waals surface area contributed by atoms with Crippen LogP contribution in [0.4, 0.5) is 13.2 Å². The van der Waals surface area contributed by atoms with Crippen molar-refractivity contribution in [2.24, 2.45) is 11.8 Å². The van der Waals surface area contributed by atoms with Gasteiger partial charge in [0, 0.05) is 44.1 Å². The number of alkyl halides is 3. The summed E-state index contributed by atoms with van der Waals surface area (Å²) >= 11 is 0. The third kappa shape index (κ3) is 6.76. The third-order valence-corrected chi connectivity index (χ3v) is 6.99. The molecule has 2 heterocycles. The van der Waals surface area contributed by atoms with Gasteiger partial charge in [0.15, 0.2) is 5.69 Å². The first-order valence-electron chi connectivity index (χ1n) is 12.6. The average Bonchev–Trinajstić information content (AvgIpc) is 3.38. The van der Waals surface area contributed by atoms with E-state index in [1.807, 2.05) is 4.90 Å². The van der Waals surface area contributed by atoms with Gasteiger partial charge in [-0.25, -0.2) is 4.68 Å². The Kier molecular flexibility index (Phi) is 8.63. The number of nitrogens with one attached hydrogen (secondary N) is 1. The van der Waals surface area contributed by atoms with Gasteiger partial charge in [-0.3, -0.25) is 14.4 Å². The second kappa shape index (κ2) is 11.9. The second-order valence-corrected chi connectivity index (χ2v) is 9.48. The molecule has 0 bridgehead atoms. The number of ether oxygens (including phenoxy) is 1. The van der Waals surface area contributed by atoms with Gasteiger partial charge in [-0.15, -0.1) is 0 Å². The van der Waals surface area contributed by atoms with Gasteiger partial charge in [0.25, 0.3) is 5.91 Å². The Morgan fingerprint density at radius 2 is 1.65 bits per heavy atom. The van der Waals surface area contributed by atoms with Gasteiger partial charge in [0.2, 0.25) is 5.91 Å². The molecule has 2 amide bonds. The van der Waals surface area contributed by atoms with Gasteiger partial charge in [-0.2, -0.15) is 18.3 Å². The summed E-state index contributed by atoms with van der Waals surface area (Å²) in [5, 5.41) is 6.07. The third-order valence-electron chi connectivity index (χ3n) is 6.99. The Bertz CT molecular complexity index is 1090. The minimum absolute atomic E-state index is 0.0546. The van der Waals surface area contributed by atoms with E-state index in [1.54, 1.807) is 30.3 Å². The van der Waals surface area contributed by atoms with Crippen LogP contribution in [-0.4, -0.2) is 65.1 Å². The highest BCUT2D eigenvalue weighted by Gasteiger charge is 2.39. The minimum Gasteiger partial charge on any atom is -0.378 e. The number of rotatable bonds is 8. The van der Waals surface area contributed by atoms with Crippen LogP contribution in [0.25, 0.3) is 5.69 Å². The van der Waals surface area contributed by atoms with E-state index in [1.165, 1.54) is 0 Å². The van der Waals surface area contributed by atoms with E-state index in [4.69, 9.17) is 4.74 Å². The van der Waals surface area contributed by atoms with Crippen molar-refractivity contribution in [3.8, 4) is 5.69 Å². The Balaban J connectivity index is 1.23. The molecule has 200 valence electrons. The van der Waals surface area contributed by atoms with Gasteiger partial charge in [0.1, 0.15) is 5.78 Å². The molecule has 1 saturated heterocycles. The van der Waals surface area contributed by atoms with E-state index in [-0.39, 0.29) is 36.5 Å². The van der Waals surface area contributed by atoms with E-state index in [0.717, 1.165) is 10.9 Å². The predicted octanol–water partition coefficient (Wildman–Crippen LogP) is 3.64. The first-order valence-corrected chi connectivity index (χ1v) is 12.6. The average molecular weight is 521 g/mol. The minimum atomic E-state index is -4.79. The number of ketones is 1. The summed E-state index contributed by atoms with van der Waals surface area (Å²) in [6.45, 7) is 2.41. The van der Waals surface area contributed by atoms with Crippen LogP contribution in [0.3, 0.4) is 0 Å². The Labute approximate surface area is 213 Å². The van der Waals surface area contributed by atoms with Gasteiger partial charge in [-0.1, -0.05) is 18.2 Å². The summed E-state index contributed by atoms with van der Waals surface area (Å²) in [5.74, 6) is -0.847. The molecule has 8 nitrogen and oxygen atoms in total. The summed E-state index contributed by atoms with van der Waals surface area (Å²) in [4.78, 5) is 39.7. The van der Waals surface area contributed by atoms with Crippen molar-refractivity contribution in [1.29, 1.82) is 0 Å². The van der Waals surface area contributed by atoms with Crippen LogP contribution >= 0.6 is 0 Å². The summed E-state index contributed by atoms with van der Waals surface area (Å²) in [7, 11) is 0. The molecule has 37 heavy (non-hydrogen) atoms. The maximum Gasteiger partial charge on any atom is 0.435 e. The molecule has 0 radical (unpaired) electrons. The highest BCUT2D eigenvalue weighted by Crippen LogP contribution is 2.32. The topological polar surface area (TPSA) is 93.5 Å². The van der Waals surface area contributed by atoms with Crippen LogP contribution in [-0.2, 0) is 20.5 Å². The Morgan fingerprint density at radius 1 is 1.00 bits per heavy atom. The zero-order chi connectivity index (χ0) is 26.4. The van der Waals surface area contributed by atoms with Crippen molar-refractivity contribution in [3.63, 3.8) is 0 Å². The lowest BCUT2D eigenvalue weighted by atomic mass is 9.78. The van der Waals surface area contributed by atoms with Crippen LogP contribution in [0.5, 0.6) is 0 Å². The molecule has 2 aromatic rings. The van der Waals surface area contributed by atoms with Gasteiger partial charge < -0.3 is 15.0 Å². The molecular weight excluding hydrogens is 489 g/mol. The zero-order valence-electron chi connectivity index (χ0n) is 20.5. The zero-order valence-corrected chi connectivity index (χ0v) is 20.5. The molecule has 2 fully saturated rings. The molecule has 2 aliphatic rings. The highest BCUT2D eigenvalue weighted by molar-refractivity contribution is 5.95. The largest absolute Gasteiger partial charge is 0.435 e. The first-order chi connectivity index (χ1) is 17.7. The molecule has 0 spiro atoms. The summed E-state index contributed by atoms with van der Waals surface area (Å²) in [5.41, 5.74) is -1.42. The highest BCUT2D eigenvalue weighted by atomic mass is 19.4.